The smallest absolute Gasteiger partial charge is 0.162 e. The minimum Gasteiger partial charge on any atom is -0.486 e. The van der Waals surface area contributed by atoms with Gasteiger partial charge < -0.3 is 14.2 Å². The predicted molar refractivity (Wildman–Crippen MR) is 86.6 cm³/mol. The third-order valence-electron chi connectivity index (χ3n) is 4.02. The Morgan fingerprint density at radius 2 is 1.90 bits per heavy atom. The first-order valence-electron chi connectivity index (χ1n) is 7.59. The van der Waals surface area contributed by atoms with Gasteiger partial charge in [0.15, 0.2) is 11.5 Å². The molecule has 2 atom stereocenters. The summed E-state index contributed by atoms with van der Waals surface area (Å²) in [4.78, 5) is 0. The Kier molecular flexibility index (Phi) is 5.30. The molecule has 2 aliphatic heterocycles. The van der Waals surface area contributed by atoms with Gasteiger partial charge in [-0.3, -0.25) is 0 Å². The van der Waals surface area contributed by atoms with E-state index in [9.17, 15) is 0 Å². The minimum absolute atomic E-state index is 0.0410. The standard InChI is InChI=1S/C16H20BrClO3/c17-13-10-16-15(20-7-8-21-16)9-12(13)14(18)5-4-11-3-1-2-6-19-11/h9-11,14H,1-8H2. The largest absolute Gasteiger partial charge is 0.486 e. The van der Waals surface area contributed by atoms with E-state index in [0.717, 1.165) is 47.4 Å². The average molecular weight is 376 g/mol. The molecule has 1 aromatic rings. The molecular formula is C16H20BrClO3. The van der Waals surface area contributed by atoms with Gasteiger partial charge in [0.1, 0.15) is 13.2 Å². The molecule has 3 rings (SSSR count). The number of ether oxygens (including phenoxy) is 3. The van der Waals surface area contributed by atoms with Gasteiger partial charge in [0.05, 0.1) is 11.5 Å². The van der Waals surface area contributed by atoms with Crippen LogP contribution in [-0.4, -0.2) is 25.9 Å². The van der Waals surface area contributed by atoms with Crippen LogP contribution >= 0.6 is 27.5 Å². The summed E-state index contributed by atoms with van der Waals surface area (Å²) in [7, 11) is 0. The quantitative estimate of drug-likeness (QED) is 0.704. The second-order valence-corrected chi connectivity index (χ2v) is 6.93. The summed E-state index contributed by atoms with van der Waals surface area (Å²) in [6, 6.07) is 3.95. The zero-order valence-electron chi connectivity index (χ0n) is 11.9. The number of fused-ring (bicyclic) bond motifs is 1. The van der Waals surface area contributed by atoms with E-state index in [0.29, 0.717) is 19.3 Å². The van der Waals surface area contributed by atoms with Gasteiger partial charge in [0.2, 0.25) is 0 Å². The van der Waals surface area contributed by atoms with Crippen molar-refractivity contribution in [2.45, 2.75) is 43.6 Å². The highest BCUT2D eigenvalue weighted by atomic mass is 79.9. The first-order chi connectivity index (χ1) is 10.2. The summed E-state index contributed by atoms with van der Waals surface area (Å²) >= 11 is 10.2. The van der Waals surface area contributed by atoms with Crippen molar-refractivity contribution >= 4 is 27.5 Å². The maximum atomic E-state index is 6.59. The van der Waals surface area contributed by atoms with Crippen molar-refractivity contribution in [3.63, 3.8) is 0 Å². The van der Waals surface area contributed by atoms with Crippen molar-refractivity contribution in [1.29, 1.82) is 0 Å². The lowest BCUT2D eigenvalue weighted by Crippen LogP contribution is -2.19. The SMILES string of the molecule is ClC(CCC1CCCCO1)c1cc2c(cc1Br)OCCO2. The van der Waals surface area contributed by atoms with Gasteiger partial charge >= 0.3 is 0 Å². The van der Waals surface area contributed by atoms with Gasteiger partial charge in [0, 0.05) is 11.1 Å². The van der Waals surface area contributed by atoms with E-state index in [4.69, 9.17) is 25.8 Å². The molecule has 0 amide bonds. The van der Waals surface area contributed by atoms with Crippen LogP contribution in [0.3, 0.4) is 0 Å². The first-order valence-corrected chi connectivity index (χ1v) is 8.81. The Morgan fingerprint density at radius 1 is 1.14 bits per heavy atom. The molecule has 0 spiro atoms. The van der Waals surface area contributed by atoms with Crippen LogP contribution in [0.1, 0.15) is 43.0 Å². The van der Waals surface area contributed by atoms with Crippen molar-refractivity contribution in [2.75, 3.05) is 19.8 Å². The number of alkyl halides is 1. The first kappa shape index (κ1) is 15.4. The van der Waals surface area contributed by atoms with E-state index in [1.54, 1.807) is 0 Å². The predicted octanol–water partition coefficient (Wildman–Crippen LogP) is 4.85. The van der Waals surface area contributed by atoms with E-state index >= 15 is 0 Å². The van der Waals surface area contributed by atoms with Gasteiger partial charge in [-0.15, -0.1) is 11.6 Å². The molecule has 21 heavy (non-hydrogen) atoms. The van der Waals surface area contributed by atoms with Crippen molar-refractivity contribution in [3.05, 3.63) is 22.2 Å². The third kappa shape index (κ3) is 3.85. The van der Waals surface area contributed by atoms with Crippen LogP contribution in [0, 0.1) is 0 Å². The summed E-state index contributed by atoms with van der Waals surface area (Å²) in [5.74, 6) is 1.58. The molecule has 116 valence electrons. The Morgan fingerprint density at radius 3 is 2.62 bits per heavy atom. The van der Waals surface area contributed by atoms with Crippen LogP contribution in [0.4, 0.5) is 0 Å². The average Bonchev–Trinajstić information content (AvgIpc) is 2.53. The molecule has 0 aliphatic carbocycles. The molecule has 0 radical (unpaired) electrons. The van der Waals surface area contributed by atoms with Crippen molar-refractivity contribution in [2.24, 2.45) is 0 Å². The Balaban J connectivity index is 1.64. The summed E-state index contributed by atoms with van der Waals surface area (Å²) in [5, 5.41) is -0.0410. The second kappa shape index (κ2) is 7.21. The molecule has 1 fully saturated rings. The Labute approximate surface area is 139 Å². The van der Waals surface area contributed by atoms with E-state index in [1.165, 1.54) is 12.8 Å². The molecule has 3 nitrogen and oxygen atoms in total. The number of hydrogen-bond acceptors (Lipinski definition) is 3. The molecule has 1 saturated heterocycles. The van der Waals surface area contributed by atoms with Crippen molar-refractivity contribution < 1.29 is 14.2 Å². The van der Waals surface area contributed by atoms with Gasteiger partial charge in [-0.2, -0.15) is 0 Å². The van der Waals surface area contributed by atoms with Crippen LogP contribution in [0.15, 0.2) is 16.6 Å². The lowest BCUT2D eigenvalue weighted by molar-refractivity contribution is 0.00999. The number of benzene rings is 1. The van der Waals surface area contributed by atoms with Gasteiger partial charge in [-0.1, -0.05) is 15.9 Å². The van der Waals surface area contributed by atoms with Crippen LogP contribution < -0.4 is 9.47 Å². The van der Waals surface area contributed by atoms with E-state index in [2.05, 4.69) is 15.9 Å². The van der Waals surface area contributed by atoms with Crippen molar-refractivity contribution in [3.8, 4) is 11.5 Å². The van der Waals surface area contributed by atoms with Gasteiger partial charge in [0.25, 0.3) is 0 Å². The third-order valence-corrected chi connectivity index (χ3v) is 5.16. The molecular weight excluding hydrogens is 356 g/mol. The second-order valence-electron chi connectivity index (χ2n) is 5.55. The van der Waals surface area contributed by atoms with Crippen LogP contribution in [0.5, 0.6) is 11.5 Å². The van der Waals surface area contributed by atoms with E-state index < -0.39 is 0 Å². The molecule has 0 saturated carbocycles. The summed E-state index contributed by atoms with van der Waals surface area (Å²) in [6.45, 7) is 2.09. The lowest BCUT2D eigenvalue weighted by Gasteiger charge is -2.24. The Bertz CT molecular complexity index is 489. The highest BCUT2D eigenvalue weighted by Crippen LogP contribution is 2.41. The fourth-order valence-electron chi connectivity index (χ4n) is 2.84. The highest BCUT2D eigenvalue weighted by Gasteiger charge is 2.21. The summed E-state index contributed by atoms with van der Waals surface area (Å²) in [6.07, 6.45) is 5.90. The number of rotatable bonds is 4. The Hall–Kier alpha value is -0.450. The van der Waals surface area contributed by atoms with E-state index in [1.807, 2.05) is 12.1 Å². The van der Waals surface area contributed by atoms with Gasteiger partial charge in [-0.25, -0.2) is 0 Å². The van der Waals surface area contributed by atoms with Gasteiger partial charge in [-0.05, 0) is 49.8 Å². The fourth-order valence-corrected chi connectivity index (χ4v) is 3.88. The lowest BCUT2D eigenvalue weighted by atomic mass is 10.0. The minimum atomic E-state index is -0.0410. The highest BCUT2D eigenvalue weighted by molar-refractivity contribution is 9.10. The van der Waals surface area contributed by atoms with Crippen LogP contribution in [0.2, 0.25) is 0 Å². The molecule has 0 N–H and O–H groups in total. The molecule has 2 heterocycles. The van der Waals surface area contributed by atoms with E-state index in [-0.39, 0.29) is 5.38 Å². The summed E-state index contributed by atoms with van der Waals surface area (Å²) < 4.78 is 18.0. The fraction of sp³-hybridized carbons (Fsp3) is 0.625. The topological polar surface area (TPSA) is 27.7 Å². The molecule has 2 aliphatic rings. The molecule has 2 unspecified atom stereocenters. The molecule has 5 heteroatoms. The summed E-state index contributed by atoms with van der Waals surface area (Å²) in [5.41, 5.74) is 1.07. The number of halogens is 2. The number of hydrogen-bond donors (Lipinski definition) is 0. The molecule has 0 aromatic heterocycles. The normalized spacial score (nSPS) is 22.9. The monoisotopic (exact) mass is 374 g/mol. The molecule has 0 bridgehead atoms. The maximum absolute atomic E-state index is 6.59. The molecule has 1 aromatic carbocycles. The van der Waals surface area contributed by atoms with Crippen molar-refractivity contribution in [1.82, 2.24) is 0 Å². The van der Waals surface area contributed by atoms with Crippen LogP contribution in [0.25, 0.3) is 0 Å². The maximum Gasteiger partial charge on any atom is 0.162 e. The van der Waals surface area contributed by atoms with Crippen LogP contribution in [-0.2, 0) is 4.74 Å². The zero-order chi connectivity index (χ0) is 14.7. The zero-order valence-corrected chi connectivity index (χ0v) is 14.3.